The van der Waals surface area contributed by atoms with Gasteiger partial charge in [-0.05, 0) is 32.1 Å². The molecule has 2 heterocycles. The molecule has 2 rings (SSSR count). The largest absolute Gasteiger partial charge is 0.481 e. The highest BCUT2D eigenvalue weighted by Gasteiger charge is 2.34. The number of aliphatic hydroxyl groups excluding tert-OH is 1. The number of amides is 2. The predicted molar refractivity (Wildman–Crippen MR) is 68.7 cm³/mol. The van der Waals surface area contributed by atoms with Crippen molar-refractivity contribution in [3.8, 4) is 0 Å². The maximum atomic E-state index is 12.2. The van der Waals surface area contributed by atoms with Gasteiger partial charge < -0.3 is 20.0 Å². The quantitative estimate of drug-likeness (QED) is 0.770. The summed E-state index contributed by atoms with van der Waals surface area (Å²) < 4.78 is 0. The van der Waals surface area contributed by atoms with E-state index in [-0.39, 0.29) is 18.1 Å². The van der Waals surface area contributed by atoms with Crippen molar-refractivity contribution >= 4 is 12.0 Å². The molecule has 108 valence electrons. The van der Waals surface area contributed by atoms with Crippen molar-refractivity contribution in [2.45, 2.75) is 32.3 Å². The fourth-order valence-electron chi connectivity index (χ4n) is 2.91. The Bertz CT molecular complexity index is 351. The van der Waals surface area contributed by atoms with Crippen LogP contribution in [0.15, 0.2) is 0 Å². The normalized spacial score (nSPS) is 26.5. The third-order valence-electron chi connectivity index (χ3n) is 4.30. The number of carboxylic acids is 1. The van der Waals surface area contributed by atoms with Gasteiger partial charge in [0.15, 0.2) is 0 Å². The zero-order valence-electron chi connectivity index (χ0n) is 11.3. The van der Waals surface area contributed by atoms with Crippen LogP contribution in [0.5, 0.6) is 0 Å². The first kappa shape index (κ1) is 14.1. The Balaban J connectivity index is 1.83. The predicted octanol–water partition coefficient (Wildman–Crippen LogP) is 0.606. The summed E-state index contributed by atoms with van der Waals surface area (Å²) in [6.45, 7) is 3.96. The number of piperidine rings is 1. The monoisotopic (exact) mass is 270 g/mol. The Hall–Kier alpha value is -1.30. The fourth-order valence-corrected chi connectivity index (χ4v) is 2.91. The molecule has 0 aliphatic carbocycles. The smallest absolute Gasteiger partial charge is 0.320 e. The first-order valence-electron chi connectivity index (χ1n) is 6.93. The molecule has 2 aliphatic heterocycles. The van der Waals surface area contributed by atoms with Gasteiger partial charge in [0.1, 0.15) is 0 Å². The molecule has 0 spiro atoms. The van der Waals surface area contributed by atoms with Crippen molar-refractivity contribution in [2.75, 3.05) is 26.2 Å². The lowest BCUT2D eigenvalue weighted by Gasteiger charge is -2.35. The highest BCUT2D eigenvalue weighted by Crippen LogP contribution is 2.23. The maximum absolute atomic E-state index is 12.2. The molecule has 0 bridgehead atoms. The van der Waals surface area contributed by atoms with E-state index in [1.807, 2.05) is 0 Å². The van der Waals surface area contributed by atoms with Crippen molar-refractivity contribution in [3.63, 3.8) is 0 Å². The number of hydrogen-bond acceptors (Lipinski definition) is 3. The average Bonchev–Trinajstić information content (AvgIpc) is 2.87. The van der Waals surface area contributed by atoms with E-state index in [9.17, 15) is 14.7 Å². The van der Waals surface area contributed by atoms with Gasteiger partial charge in [0.25, 0.3) is 0 Å². The first-order valence-corrected chi connectivity index (χ1v) is 6.93. The second kappa shape index (κ2) is 5.77. The third-order valence-corrected chi connectivity index (χ3v) is 4.30. The summed E-state index contributed by atoms with van der Waals surface area (Å²) in [4.78, 5) is 26.5. The lowest BCUT2D eigenvalue weighted by molar-refractivity contribution is -0.141. The molecule has 2 aliphatic rings. The van der Waals surface area contributed by atoms with Gasteiger partial charge in [-0.3, -0.25) is 4.79 Å². The number of likely N-dealkylation sites (tertiary alicyclic amines) is 2. The van der Waals surface area contributed by atoms with Crippen molar-refractivity contribution in [1.29, 1.82) is 0 Å². The summed E-state index contributed by atoms with van der Waals surface area (Å²) >= 11 is 0. The van der Waals surface area contributed by atoms with Crippen LogP contribution in [0.1, 0.15) is 26.2 Å². The summed E-state index contributed by atoms with van der Waals surface area (Å²) in [5.74, 6) is -0.962. The minimum Gasteiger partial charge on any atom is -0.481 e. The number of urea groups is 1. The SMILES string of the molecule is CC(O)C1CCN(C(=O)N2CCC(C(=O)O)C2)CC1. The molecule has 0 radical (unpaired) electrons. The van der Waals surface area contributed by atoms with Crippen LogP contribution in [0, 0.1) is 11.8 Å². The summed E-state index contributed by atoms with van der Waals surface area (Å²) in [5, 5.41) is 18.5. The molecule has 19 heavy (non-hydrogen) atoms. The van der Waals surface area contributed by atoms with Gasteiger partial charge in [0.2, 0.25) is 0 Å². The first-order chi connectivity index (χ1) is 8.99. The highest BCUT2D eigenvalue weighted by molar-refractivity contribution is 5.77. The molecule has 6 nitrogen and oxygen atoms in total. The topological polar surface area (TPSA) is 81.1 Å². The molecule has 2 amide bonds. The molecule has 2 unspecified atom stereocenters. The molecular weight excluding hydrogens is 248 g/mol. The second-order valence-corrected chi connectivity index (χ2v) is 5.62. The zero-order chi connectivity index (χ0) is 14.0. The van der Waals surface area contributed by atoms with Crippen molar-refractivity contribution in [1.82, 2.24) is 9.80 Å². The van der Waals surface area contributed by atoms with Gasteiger partial charge in [-0.2, -0.15) is 0 Å². The van der Waals surface area contributed by atoms with Crippen LogP contribution in [0.25, 0.3) is 0 Å². The van der Waals surface area contributed by atoms with E-state index in [2.05, 4.69) is 0 Å². The molecule has 2 saturated heterocycles. The zero-order valence-corrected chi connectivity index (χ0v) is 11.3. The van der Waals surface area contributed by atoms with Crippen molar-refractivity contribution < 1.29 is 19.8 Å². The third kappa shape index (κ3) is 3.18. The number of aliphatic carboxylic acids is 1. The van der Waals surface area contributed by atoms with Gasteiger partial charge in [-0.1, -0.05) is 0 Å². The standard InChI is InChI=1S/C13H22N2O4/c1-9(16)10-2-5-14(6-3-10)13(19)15-7-4-11(8-15)12(17)18/h9-11,16H,2-8H2,1H3,(H,17,18). The van der Waals surface area contributed by atoms with Crippen molar-refractivity contribution in [3.05, 3.63) is 0 Å². The number of rotatable bonds is 2. The Morgan fingerprint density at radius 2 is 1.68 bits per heavy atom. The molecule has 2 N–H and O–H groups in total. The molecule has 2 atom stereocenters. The molecule has 2 fully saturated rings. The molecule has 6 heteroatoms. The Labute approximate surface area is 113 Å². The number of aliphatic hydroxyl groups is 1. The summed E-state index contributed by atoms with van der Waals surface area (Å²) in [7, 11) is 0. The molecular formula is C13H22N2O4. The van der Waals surface area contributed by atoms with Gasteiger partial charge in [-0.15, -0.1) is 0 Å². The summed E-state index contributed by atoms with van der Waals surface area (Å²) in [6, 6.07) is -0.0483. The molecule has 0 saturated carbocycles. The van der Waals surface area contributed by atoms with Gasteiger partial charge in [0, 0.05) is 26.2 Å². The number of carbonyl (C=O) groups excluding carboxylic acids is 1. The minimum absolute atomic E-state index is 0.0483. The number of carboxylic acid groups (broad SMARTS) is 1. The van der Waals surface area contributed by atoms with E-state index in [0.29, 0.717) is 32.6 Å². The van der Waals surface area contributed by atoms with E-state index >= 15 is 0 Å². The molecule has 0 aromatic rings. The summed E-state index contributed by atoms with van der Waals surface area (Å²) in [6.07, 6.45) is 1.87. The van der Waals surface area contributed by atoms with Crippen molar-refractivity contribution in [2.24, 2.45) is 11.8 Å². The van der Waals surface area contributed by atoms with E-state index in [1.165, 1.54) is 0 Å². The molecule has 0 aromatic carbocycles. The van der Waals surface area contributed by atoms with Crippen LogP contribution in [-0.4, -0.2) is 64.3 Å². The van der Waals surface area contributed by atoms with Crippen LogP contribution < -0.4 is 0 Å². The van der Waals surface area contributed by atoms with E-state index in [1.54, 1.807) is 16.7 Å². The number of carbonyl (C=O) groups is 2. The van der Waals surface area contributed by atoms with E-state index in [0.717, 1.165) is 12.8 Å². The maximum Gasteiger partial charge on any atom is 0.320 e. The lowest BCUT2D eigenvalue weighted by atomic mass is 9.92. The van der Waals surface area contributed by atoms with Gasteiger partial charge >= 0.3 is 12.0 Å². The minimum atomic E-state index is -0.817. The fraction of sp³-hybridized carbons (Fsp3) is 0.846. The molecule has 0 aromatic heterocycles. The average molecular weight is 270 g/mol. The number of hydrogen-bond donors (Lipinski definition) is 2. The van der Waals surface area contributed by atoms with Gasteiger partial charge in [-0.25, -0.2) is 4.79 Å². The Morgan fingerprint density at radius 1 is 1.11 bits per heavy atom. The summed E-state index contributed by atoms with van der Waals surface area (Å²) in [5.41, 5.74) is 0. The van der Waals surface area contributed by atoms with Crippen LogP contribution in [0.2, 0.25) is 0 Å². The Morgan fingerprint density at radius 3 is 2.16 bits per heavy atom. The lowest BCUT2D eigenvalue weighted by Crippen LogP contribution is -2.47. The van der Waals surface area contributed by atoms with E-state index < -0.39 is 11.9 Å². The Kier molecular flexibility index (Phi) is 4.29. The van der Waals surface area contributed by atoms with Crippen LogP contribution in [0.3, 0.4) is 0 Å². The second-order valence-electron chi connectivity index (χ2n) is 5.62. The number of nitrogens with zero attached hydrogens (tertiary/aromatic N) is 2. The van der Waals surface area contributed by atoms with Crippen LogP contribution in [0.4, 0.5) is 4.79 Å². The van der Waals surface area contributed by atoms with Gasteiger partial charge in [0.05, 0.1) is 12.0 Å². The van der Waals surface area contributed by atoms with Crippen LogP contribution >= 0.6 is 0 Å². The highest BCUT2D eigenvalue weighted by atomic mass is 16.4. The van der Waals surface area contributed by atoms with E-state index in [4.69, 9.17) is 5.11 Å². The van der Waals surface area contributed by atoms with Crippen LogP contribution in [-0.2, 0) is 4.79 Å².